The fraction of sp³-hybridized carbons (Fsp3) is 0.571. The zero-order valence-electron chi connectivity index (χ0n) is 6.12. The van der Waals surface area contributed by atoms with Gasteiger partial charge in [-0.1, -0.05) is 0 Å². The van der Waals surface area contributed by atoms with Crippen LogP contribution in [0, 0.1) is 0 Å². The van der Waals surface area contributed by atoms with E-state index in [0.717, 1.165) is 18.7 Å². The van der Waals surface area contributed by atoms with Crippen LogP contribution in [0.2, 0.25) is 0 Å². The summed E-state index contributed by atoms with van der Waals surface area (Å²) in [4.78, 5) is 5.56. The van der Waals surface area contributed by atoms with Crippen LogP contribution in [0.1, 0.15) is 16.7 Å². The van der Waals surface area contributed by atoms with E-state index in [4.69, 9.17) is 10.5 Å². The summed E-state index contributed by atoms with van der Waals surface area (Å²) in [6.07, 6.45) is 1.04. The minimum atomic E-state index is 0.0463. The minimum absolute atomic E-state index is 0.0463. The Morgan fingerprint density at radius 3 is 3.55 bits per heavy atom. The molecule has 11 heavy (non-hydrogen) atoms. The molecule has 0 saturated heterocycles. The Hall–Kier alpha value is -0.450. The number of fused-ring (bicyclic) bond motifs is 1. The van der Waals surface area contributed by atoms with Crippen LogP contribution in [-0.4, -0.2) is 18.1 Å². The summed E-state index contributed by atoms with van der Waals surface area (Å²) in [6, 6.07) is 0. The van der Waals surface area contributed by atoms with Crippen LogP contribution in [0.5, 0.6) is 0 Å². The molecular formula is C7H10N2OS. The van der Waals surface area contributed by atoms with Crippen LogP contribution in [0.25, 0.3) is 0 Å². The van der Waals surface area contributed by atoms with E-state index in [1.165, 1.54) is 4.88 Å². The van der Waals surface area contributed by atoms with Crippen molar-refractivity contribution >= 4 is 11.3 Å². The Morgan fingerprint density at radius 2 is 2.73 bits per heavy atom. The zero-order chi connectivity index (χ0) is 7.68. The number of thiazole rings is 1. The standard InChI is InChI=1S/C7H10N2OS/c8-3-5-7-6(1-2-10-5)11-4-9-7/h4-5H,1-3,8H2. The average Bonchev–Trinajstić information content (AvgIpc) is 2.50. The van der Waals surface area contributed by atoms with Gasteiger partial charge in [0.15, 0.2) is 0 Å². The molecule has 0 amide bonds. The monoisotopic (exact) mass is 170 g/mol. The van der Waals surface area contributed by atoms with E-state index >= 15 is 0 Å². The maximum absolute atomic E-state index is 5.52. The molecule has 2 N–H and O–H groups in total. The quantitative estimate of drug-likeness (QED) is 0.675. The van der Waals surface area contributed by atoms with E-state index in [1.54, 1.807) is 11.3 Å². The topological polar surface area (TPSA) is 48.1 Å². The van der Waals surface area contributed by atoms with Crippen LogP contribution >= 0.6 is 11.3 Å². The third kappa shape index (κ3) is 1.17. The van der Waals surface area contributed by atoms with Crippen molar-refractivity contribution in [2.24, 2.45) is 5.73 Å². The molecule has 1 atom stereocenters. The molecule has 0 saturated carbocycles. The number of aromatic nitrogens is 1. The molecule has 0 fully saturated rings. The molecule has 0 aliphatic carbocycles. The molecule has 3 nitrogen and oxygen atoms in total. The Labute approximate surface area is 69.2 Å². The average molecular weight is 170 g/mol. The Morgan fingerprint density at radius 1 is 1.82 bits per heavy atom. The van der Waals surface area contributed by atoms with Crippen LogP contribution in [0.3, 0.4) is 0 Å². The second-order valence-electron chi connectivity index (χ2n) is 2.51. The van der Waals surface area contributed by atoms with Gasteiger partial charge >= 0.3 is 0 Å². The summed E-state index contributed by atoms with van der Waals surface area (Å²) in [6.45, 7) is 1.33. The van der Waals surface area contributed by atoms with Gasteiger partial charge in [-0.3, -0.25) is 0 Å². The first-order valence-corrected chi connectivity index (χ1v) is 4.53. The van der Waals surface area contributed by atoms with Crippen molar-refractivity contribution in [1.82, 2.24) is 4.98 Å². The van der Waals surface area contributed by atoms with E-state index in [0.29, 0.717) is 6.54 Å². The fourth-order valence-electron chi connectivity index (χ4n) is 1.28. The first-order valence-electron chi connectivity index (χ1n) is 3.65. The van der Waals surface area contributed by atoms with E-state index in [2.05, 4.69) is 4.98 Å². The molecular weight excluding hydrogens is 160 g/mol. The molecule has 4 heteroatoms. The SMILES string of the molecule is NCC1OCCc2scnc21. The Bertz CT molecular complexity index is 248. The Kier molecular flexibility index (Phi) is 1.89. The van der Waals surface area contributed by atoms with Crippen LogP contribution in [0.4, 0.5) is 0 Å². The number of nitrogens with two attached hydrogens (primary N) is 1. The fourth-order valence-corrected chi connectivity index (χ4v) is 2.08. The number of hydrogen-bond acceptors (Lipinski definition) is 4. The van der Waals surface area contributed by atoms with E-state index in [1.807, 2.05) is 5.51 Å². The second kappa shape index (κ2) is 2.89. The van der Waals surface area contributed by atoms with Gasteiger partial charge in [-0.05, 0) is 0 Å². The molecule has 1 aliphatic heterocycles. The number of rotatable bonds is 1. The van der Waals surface area contributed by atoms with E-state index in [-0.39, 0.29) is 6.10 Å². The summed E-state index contributed by atoms with van der Waals surface area (Å²) in [5.41, 5.74) is 8.44. The number of ether oxygens (including phenoxy) is 1. The largest absolute Gasteiger partial charge is 0.370 e. The summed E-state index contributed by atoms with van der Waals surface area (Å²) < 4.78 is 5.43. The highest BCUT2D eigenvalue weighted by Gasteiger charge is 2.21. The predicted molar refractivity (Wildman–Crippen MR) is 43.6 cm³/mol. The van der Waals surface area contributed by atoms with Gasteiger partial charge in [-0.2, -0.15) is 0 Å². The molecule has 1 unspecified atom stereocenters. The molecule has 1 aromatic heterocycles. The van der Waals surface area contributed by atoms with Gasteiger partial charge in [0, 0.05) is 17.8 Å². The van der Waals surface area contributed by atoms with Crippen molar-refractivity contribution in [1.29, 1.82) is 0 Å². The third-order valence-electron chi connectivity index (χ3n) is 1.84. The Balaban J connectivity index is 2.32. The van der Waals surface area contributed by atoms with Crippen molar-refractivity contribution in [2.75, 3.05) is 13.2 Å². The lowest BCUT2D eigenvalue weighted by atomic mass is 10.1. The van der Waals surface area contributed by atoms with Crippen molar-refractivity contribution in [2.45, 2.75) is 12.5 Å². The highest BCUT2D eigenvalue weighted by molar-refractivity contribution is 7.09. The molecule has 2 heterocycles. The molecule has 1 aromatic rings. The summed E-state index contributed by atoms with van der Waals surface area (Å²) >= 11 is 1.70. The first-order chi connectivity index (χ1) is 5.42. The maximum Gasteiger partial charge on any atom is 0.113 e. The van der Waals surface area contributed by atoms with Gasteiger partial charge in [0.2, 0.25) is 0 Å². The normalized spacial score (nSPS) is 23.2. The van der Waals surface area contributed by atoms with Gasteiger partial charge in [-0.25, -0.2) is 4.98 Å². The predicted octanol–water partition coefficient (Wildman–Crippen LogP) is 0.716. The maximum atomic E-state index is 5.52. The molecule has 0 bridgehead atoms. The van der Waals surface area contributed by atoms with Crippen molar-refractivity contribution < 1.29 is 4.74 Å². The highest BCUT2D eigenvalue weighted by Crippen LogP contribution is 2.27. The highest BCUT2D eigenvalue weighted by atomic mass is 32.1. The van der Waals surface area contributed by atoms with E-state index in [9.17, 15) is 0 Å². The second-order valence-corrected chi connectivity index (χ2v) is 3.45. The number of nitrogens with zero attached hydrogens (tertiary/aromatic N) is 1. The molecule has 0 aromatic carbocycles. The summed E-state index contributed by atoms with van der Waals surface area (Å²) in [7, 11) is 0. The smallest absolute Gasteiger partial charge is 0.113 e. The van der Waals surface area contributed by atoms with Crippen LogP contribution in [0.15, 0.2) is 5.51 Å². The molecule has 0 radical (unpaired) electrons. The lowest BCUT2D eigenvalue weighted by molar-refractivity contribution is 0.0466. The van der Waals surface area contributed by atoms with Crippen molar-refractivity contribution in [3.8, 4) is 0 Å². The van der Waals surface area contributed by atoms with Gasteiger partial charge < -0.3 is 10.5 Å². The molecule has 60 valence electrons. The molecule has 1 aliphatic rings. The van der Waals surface area contributed by atoms with Gasteiger partial charge in [-0.15, -0.1) is 11.3 Å². The van der Waals surface area contributed by atoms with Gasteiger partial charge in [0.1, 0.15) is 6.10 Å². The number of hydrogen-bond donors (Lipinski definition) is 1. The van der Waals surface area contributed by atoms with Crippen LogP contribution < -0.4 is 5.73 Å². The zero-order valence-corrected chi connectivity index (χ0v) is 6.93. The molecule has 0 spiro atoms. The summed E-state index contributed by atoms with van der Waals surface area (Å²) in [5.74, 6) is 0. The van der Waals surface area contributed by atoms with Gasteiger partial charge in [0.25, 0.3) is 0 Å². The van der Waals surface area contributed by atoms with Gasteiger partial charge in [0.05, 0.1) is 17.8 Å². The van der Waals surface area contributed by atoms with Crippen LogP contribution in [-0.2, 0) is 11.2 Å². The first kappa shape index (κ1) is 7.21. The lowest BCUT2D eigenvalue weighted by Gasteiger charge is -2.19. The van der Waals surface area contributed by atoms with Crippen molar-refractivity contribution in [3.05, 3.63) is 16.1 Å². The lowest BCUT2D eigenvalue weighted by Crippen LogP contribution is -2.22. The van der Waals surface area contributed by atoms with E-state index < -0.39 is 0 Å². The van der Waals surface area contributed by atoms with Crippen molar-refractivity contribution in [3.63, 3.8) is 0 Å². The summed E-state index contributed by atoms with van der Waals surface area (Å²) in [5, 5.41) is 0. The minimum Gasteiger partial charge on any atom is -0.370 e. The molecule has 2 rings (SSSR count). The third-order valence-corrected chi connectivity index (χ3v) is 2.75.